The standard InChI is InChI=1S/C13H10ClFN4/c1-7-10-11(14)12(8-4-3-5-9(15)6-8)16-17-13(10)19(2)18-7/h3-6H,1-2H3. The molecule has 3 aromatic rings. The van der Waals surface area contributed by atoms with Gasteiger partial charge in [0.25, 0.3) is 0 Å². The molecule has 96 valence electrons. The van der Waals surface area contributed by atoms with Crippen molar-refractivity contribution in [1.29, 1.82) is 0 Å². The van der Waals surface area contributed by atoms with E-state index in [0.717, 1.165) is 11.1 Å². The van der Waals surface area contributed by atoms with Gasteiger partial charge in [-0.25, -0.2) is 9.07 Å². The minimum absolute atomic E-state index is 0.335. The Kier molecular flexibility index (Phi) is 2.71. The number of aromatic nitrogens is 4. The normalized spacial score (nSPS) is 11.2. The van der Waals surface area contributed by atoms with Gasteiger partial charge in [0, 0.05) is 12.6 Å². The van der Waals surface area contributed by atoms with Crippen molar-refractivity contribution in [3.8, 4) is 11.3 Å². The highest BCUT2D eigenvalue weighted by Crippen LogP contribution is 2.32. The Morgan fingerprint density at radius 1 is 1.26 bits per heavy atom. The van der Waals surface area contributed by atoms with Gasteiger partial charge in [-0.1, -0.05) is 23.7 Å². The number of nitrogens with zero attached hydrogens (tertiary/aromatic N) is 4. The van der Waals surface area contributed by atoms with Crippen molar-refractivity contribution in [3.05, 3.63) is 40.8 Å². The third kappa shape index (κ3) is 1.86. The van der Waals surface area contributed by atoms with Gasteiger partial charge in [-0.15, -0.1) is 10.2 Å². The average molecular weight is 277 g/mol. The molecule has 0 unspecified atom stereocenters. The molecule has 2 aromatic heterocycles. The predicted molar refractivity (Wildman–Crippen MR) is 71.4 cm³/mol. The second-order valence-corrected chi connectivity index (χ2v) is 4.66. The summed E-state index contributed by atoms with van der Waals surface area (Å²) in [6, 6.07) is 6.12. The fraction of sp³-hybridized carbons (Fsp3) is 0.154. The van der Waals surface area contributed by atoms with Crippen LogP contribution in [0.15, 0.2) is 24.3 Å². The quantitative estimate of drug-likeness (QED) is 0.686. The van der Waals surface area contributed by atoms with E-state index in [1.165, 1.54) is 12.1 Å². The number of rotatable bonds is 1. The van der Waals surface area contributed by atoms with Crippen molar-refractivity contribution in [2.45, 2.75) is 6.92 Å². The molecule has 4 nitrogen and oxygen atoms in total. The molecule has 0 radical (unpaired) electrons. The Morgan fingerprint density at radius 3 is 2.79 bits per heavy atom. The van der Waals surface area contributed by atoms with Gasteiger partial charge in [0.2, 0.25) is 0 Å². The minimum Gasteiger partial charge on any atom is -0.249 e. The fourth-order valence-electron chi connectivity index (χ4n) is 2.10. The molecule has 0 bridgehead atoms. The van der Waals surface area contributed by atoms with E-state index in [-0.39, 0.29) is 5.82 Å². The van der Waals surface area contributed by atoms with E-state index >= 15 is 0 Å². The third-order valence-corrected chi connectivity index (χ3v) is 3.33. The average Bonchev–Trinajstić information content (AvgIpc) is 2.66. The summed E-state index contributed by atoms with van der Waals surface area (Å²) in [5.41, 5.74) is 2.45. The minimum atomic E-state index is -0.335. The van der Waals surface area contributed by atoms with Crippen LogP contribution in [0.4, 0.5) is 4.39 Å². The van der Waals surface area contributed by atoms with Crippen LogP contribution in [-0.2, 0) is 7.05 Å². The maximum Gasteiger partial charge on any atom is 0.181 e. The zero-order valence-corrected chi connectivity index (χ0v) is 11.1. The molecule has 2 heterocycles. The molecule has 0 atom stereocenters. The molecule has 19 heavy (non-hydrogen) atoms. The van der Waals surface area contributed by atoms with Gasteiger partial charge in [-0.05, 0) is 19.1 Å². The molecular formula is C13H10ClFN4. The fourth-order valence-corrected chi connectivity index (χ4v) is 2.47. The number of aryl methyl sites for hydroxylation is 2. The van der Waals surface area contributed by atoms with Crippen molar-refractivity contribution in [1.82, 2.24) is 20.0 Å². The molecule has 0 fully saturated rings. The van der Waals surface area contributed by atoms with Crippen LogP contribution < -0.4 is 0 Å². The number of fused-ring (bicyclic) bond motifs is 1. The highest BCUT2D eigenvalue weighted by molar-refractivity contribution is 6.37. The molecule has 0 spiro atoms. The topological polar surface area (TPSA) is 43.6 Å². The molecule has 1 aromatic carbocycles. The van der Waals surface area contributed by atoms with E-state index < -0.39 is 0 Å². The van der Waals surface area contributed by atoms with Crippen LogP contribution in [0, 0.1) is 12.7 Å². The van der Waals surface area contributed by atoms with Gasteiger partial charge in [0.15, 0.2) is 5.65 Å². The summed E-state index contributed by atoms with van der Waals surface area (Å²) in [4.78, 5) is 0. The summed E-state index contributed by atoms with van der Waals surface area (Å²) >= 11 is 6.37. The monoisotopic (exact) mass is 276 g/mol. The Balaban J connectivity index is 2.32. The maximum atomic E-state index is 13.3. The molecule has 0 amide bonds. The lowest BCUT2D eigenvalue weighted by molar-refractivity contribution is 0.628. The molecule has 0 saturated heterocycles. The Morgan fingerprint density at radius 2 is 2.05 bits per heavy atom. The summed E-state index contributed by atoms with van der Waals surface area (Å²) in [7, 11) is 1.78. The summed E-state index contributed by atoms with van der Waals surface area (Å²) in [5, 5.41) is 13.6. The molecule has 3 rings (SSSR count). The Hall–Kier alpha value is -2.01. The van der Waals surface area contributed by atoms with Crippen molar-refractivity contribution in [2.75, 3.05) is 0 Å². The largest absolute Gasteiger partial charge is 0.249 e. The van der Waals surface area contributed by atoms with Crippen LogP contribution in [0.3, 0.4) is 0 Å². The summed E-state index contributed by atoms with van der Waals surface area (Å²) in [6.45, 7) is 1.85. The zero-order valence-electron chi connectivity index (χ0n) is 10.4. The maximum absolute atomic E-state index is 13.3. The number of hydrogen-bond acceptors (Lipinski definition) is 3. The van der Waals surface area contributed by atoms with Gasteiger partial charge in [0.05, 0.1) is 16.1 Å². The zero-order chi connectivity index (χ0) is 13.6. The van der Waals surface area contributed by atoms with Crippen LogP contribution in [0.5, 0.6) is 0 Å². The highest BCUT2D eigenvalue weighted by Gasteiger charge is 2.16. The SMILES string of the molecule is Cc1nn(C)c2nnc(-c3cccc(F)c3)c(Cl)c12. The lowest BCUT2D eigenvalue weighted by Gasteiger charge is -2.04. The van der Waals surface area contributed by atoms with E-state index in [2.05, 4.69) is 15.3 Å². The lowest BCUT2D eigenvalue weighted by Crippen LogP contribution is -1.96. The number of halogens is 2. The van der Waals surface area contributed by atoms with Gasteiger partial charge in [-0.2, -0.15) is 5.10 Å². The van der Waals surface area contributed by atoms with Crippen LogP contribution >= 0.6 is 11.6 Å². The van der Waals surface area contributed by atoms with Crippen LogP contribution in [0.25, 0.3) is 22.3 Å². The lowest BCUT2D eigenvalue weighted by atomic mass is 10.1. The summed E-state index contributed by atoms with van der Waals surface area (Å²) < 4.78 is 14.9. The first-order valence-electron chi connectivity index (χ1n) is 5.69. The molecule has 0 N–H and O–H groups in total. The van der Waals surface area contributed by atoms with Crippen LogP contribution in [0.2, 0.25) is 5.02 Å². The van der Waals surface area contributed by atoms with E-state index in [0.29, 0.717) is 21.9 Å². The van der Waals surface area contributed by atoms with Crippen molar-refractivity contribution >= 4 is 22.6 Å². The first-order chi connectivity index (χ1) is 9.08. The molecule has 6 heteroatoms. The van der Waals surface area contributed by atoms with Crippen molar-refractivity contribution < 1.29 is 4.39 Å². The van der Waals surface area contributed by atoms with Gasteiger partial charge in [-0.3, -0.25) is 0 Å². The van der Waals surface area contributed by atoms with Gasteiger partial charge >= 0.3 is 0 Å². The molecular weight excluding hydrogens is 267 g/mol. The first-order valence-corrected chi connectivity index (χ1v) is 6.07. The molecule has 0 saturated carbocycles. The first kappa shape index (κ1) is 12.0. The molecule has 0 aliphatic heterocycles. The Labute approximate surface area is 113 Å². The summed E-state index contributed by atoms with van der Waals surface area (Å²) in [5.74, 6) is -0.335. The Bertz CT molecular complexity index is 782. The number of hydrogen-bond donors (Lipinski definition) is 0. The second-order valence-electron chi connectivity index (χ2n) is 4.28. The van der Waals surface area contributed by atoms with Crippen molar-refractivity contribution in [2.24, 2.45) is 7.05 Å². The number of benzene rings is 1. The predicted octanol–water partition coefficient (Wildman–Crippen LogP) is 3.13. The van der Waals surface area contributed by atoms with E-state index in [4.69, 9.17) is 11.6 Å². The van der Waals surface area contributed by atoms with Gasteiger partial charge in [0.1, 0.15) is 11.5 Å². The van der Waals surface area contributed by atoms with Crippen LogP contribution in [-0.4, -0.2) is 20.0 Å². The van der Waals surface area contributed by atoms with E-state index in [9.17, 15) is 4.39 Å². The summed E-state index contributed by atoms with van der Waals surface area (Å²) in [6.07, 6.45) is 0. The highest BCUT2D eigenvalue weighted by atomic mass is 35.5. The van der Waals surface area contributed by atoms with Gasteiger partial charge < -0.3 is 0 Å². The van der Waals surface area contributed by atoms with Crippen molar-refractivity contribution in [3.63, 3.8) is 0 Å². The second kappa shape index (κ2) is 4.28. The molecule has 0 aliphatic carbocycles. The smallest absolute Gasteiger partial charge is 0.181 e. The van der Waals surface area contributed by atoms with E-state index in [1.54, 1.807) is 23.9 Å². The van der Waals surface area contributed by atoms with E-state index in [1.807, 2.05) is 6.92 Å². The molecule has 0 aliphatic rings. The third-order valence-electron chi connectivity index (χ3n) is 2.96. The van der Waals surface area contributed by atoms with Crippen LogP contribution in [0.1, 0.15) is 5.69 Å².